The fraction of sp³-hybridized carbons (Fsp3) is 0.500. The van der Waals surface area contributed by atoms with Crippen molar-refractivity contribution < 1.29 is 9.53 Å². The number of hydrogen-bond acceptors (Lipinski definition) is 4. The van der Waals surface area contributed by atoms with Crippen LogP contribution in [0.1, 0.15) is 42.7 Å². The number of hydrogen-bond donors (Lipinski definition) is 1. The molecule has 27 heavy (non-hydrogen) atoms. The first kappa shape index (κ1) is 19.9. The van der Waals surface area contributed by atoms with Crippen molar-refractivity contribution in [2.45, 2.75) is 32.7 Å². The molecular formula is C20H27ClN4O2. The number of rotatable bonds is 6. The molecule has 3 rings (SSSR count). The molecule has 1 aromatic carbocycles. The van der Waals surface area contributed by atoms with E-state index >= 15 is 0 Å². The summed E-state index contributed by atoms with van der Waals surface area (Å²) in [5.74, 6) is 0.0691. The minimum atomic E-state index is -0.0842. The fourth-order valence-corrected chi connectivity index (χ4v) is 3.49. The minimum Gasteiger partial charge on any atom is -0.379 e. The molecule has 1 aromatic heterocycles. The Hall–Kier alpha value is -1.89. The Labute approximate surface area is 165 Å². The van der Waals surface area contributed by atoms with Gasteiger partial charge in [-0.3, -0.25) is 9.69 Å². The number of ether oxygens (including phenoxy) is 1. The molecule has 0 saturated carbocycles. The Balaban J connectivity index is 1.73. The highest BCUT2D eigenvalue weighted by Crippen LogP contribution is 2.24. The summed E-state index contributed by atoms with van der Waals surface area (Å²) in [4.78, 5) is 15.2. The third kappa shape index (κ3) is 4.69. The maximum absolute atomic E-state index is 12.8. The van der Waals surface area contributed by atoms with Crippen molar-refractivity contribution in [3.8, 4) is 5.69 Å². The Morgan fingerprint density at radius 2 is 1.89 bits per heavy atom. The van der Waals surface area contributed by atoms with Crippen LogP contribution in [0.3, 0.4) is 0 Å². The largest absolute Gasteiger partial charge is 0.379 e. The van der Waals surface area contributed by atoms with E-state index in [1.165, 1.54) is 0 Å². The Morgan fingerprint density at radius 3 is 2.52 bits per heavy atom. The lowest BCUT2D eigenvalue weighted by atomic mass is 10.0. The van der Waals surface area contributed by atoms with Crippen molar-refractivity contribution in [2.24, 2.45) is 0 Å². The van der Waals surface area contributed by atoms with Crippen molar-refractivity contribution in [3.63, 3.8) is 0 Å². The van der Waals surface area contributed by atoms with E-state index in [-0.39, 0.29) is 17.9 Å². The van der Waals surface area contributed by atoms with Gasteiger partial charge in [-0.1, -0.05) is 25.4 Å². The molecule has 6 nitrogen and oxygen atoms in total. The fourth-order valence-electron chi connectivity index (χ4n) is 3.36. The van der Waals surface area contributed by atoms with E-state index in [1.54, 1.807) is 6.20 Å². The highest BCUT2D eigenvalue weighted by atomic mass is 35.5. The van der Waals surface area contributed by atoms with Gasteiger partial charge in [0.15, 0.2) is 0 Å². The van der Waals surface area contributed by atoms with Crippen LogP contribution in [0.4, 0.5) is 0 Å². The third-order valence-electron chi connectivity index (χ3n) is 4.90. The van der Waals surface area contributed by atoms with Crippen LogP contribution in [0.15, 0.2) is 30.5 Å². The molecule has 1 N–H and O–H groups in total. The summed E-state index contributed by atoms with van der Waals surface area (Å²) in [6.45, 7) is 10.2. The lowest BCUT2D eigenvalue weighted by molar-refractivity contribution is 0.0204. The monoisotopic (exact) mass is 390 g/mol. The number of amides is 1. The van der Waals surface area contributed by atoms with E-state index in [1.807, 2.05) is 28.9 Å². The number of carbonyl (C=O) groups excluding carboxylic acids is 1. The van der Waals surface area contributed by atoms with Crippen LogP contribution in [0.5, 0.6) is 0 Å². The molecule has 7 heteroatoms. The van der Waals surface area contributed by atoms with Gasteiger partial charge in [0.2, 0.25) is 0 Å². The molecule has 1 atom stereocenters. The van der Waals surface area contributed by atoms with Gasteiger partial charge in [0, 0.05) is 30.7 Å². The molecule has 0 bridgehead atoms. The second-order valence-electron chi connectivity index (χ2n) is 7.19. The minimum absolute atomic E-state index is 0.0842. The number of morpholine rings is 1. The van der Waals surface area contributed by atoms with Crippen molar-refractivity contribution in [1.29, 1.82) is 0 Å². The van der Waals surface area contributed by atoms with Crippen LogP contribution in [0.25, 0.3) is 5.69 Å². The van der Waals surface area contributed by atoms with Gasteiger partial charge in [-0.2, -0.15) is 5.10 Å². The quantitative estimate of drug-likeness (QED) is 0.823. The van der Waals surface area contributed by atoms with Crippen molar-refractivity contribution in [2.75, 3.05) is 32.8 Å². The maximum atomic E-state index is 12.8. The van der Waals surface area contributed by atoms with Gasteiger partial charge in [0.1, 0.15) is 0 Å². The highest BCUT2D eigenvalue weighted by Gasteiger charge is 2.22. The standard InChI is InChI=1S/C20H27ClN4O2/c1-14(2)19-18(13-23-25(19)17-6-4-16(21)5-7-17)20(26)22-12-15(3)24-8-10-27-11-9-24/h4-7,13-15H,8-12H2,1-3H3,(H,22,26). The van der Waals surface area contributed by atoms with Gasteiger partial charge in [-0.15, -0.1) is 0 Å². The van der Waals surface area contributed by atoms with Crippen LogP contribution >= 0.6 is 11.6 Å². The molecule has 1 amide bonds. The Morgan fingerprint density at radius 1 is 1.22 bits per heavy atom. The summed E-state index contributed by atoms with van der Waals surface area (Å²) >= 11 is 5.99. The number of aromatic nitrogens is 2. The van der Waals surface area contributed by atoms with Crippen LogP contribution in [-0.4, -0.2) is 59.5 Å². The lowest BCUT2D eigenvalue weighted by Crippen LogP contribution is -2.47. The van der Waals surface area contributed by atoms with Crippen LogP contribution < -0.4 is 5.32 Å². The lowest BCUT2D eigenvalue weighted by Gasteiger charge is -2.32. The zero-order valence-corrected chi connectivity index (χ0v) is 16.9. The van der Waals surface area contributed by atoms with Gasteiger partial charge < -0.3 is 10.1 Å². The predicted molar refractivity (Wildman–Crippen MR) is 107 cm³/mol. The van der Waals surface area contributed by atoms with Gasteiger partial charge in [-0.05, 0) is 37.1 Å². The average molecular weight is 391 g/mol. The number of halogens is 1. The summed E-state index contributed by atoms with van der Waals surface area (Å²) in [7, 11) is 0. The average Bonchev–Trinajstić information content (AvgIpc) is 3.12. The molecule has 146 valence electrons. The zero-order valence-electron chi connectivity index (χ0n) is 16.1. The summed E-state index contributed by atoms with van der Waals surface area (Å²) in [5.41, 5.74) is 2.41. The zero-order chi connectivity index (χ0) is 19.4. The van der Waals surface area contributed by atoms with Crippen LogP contribution in [0.2, 0.25) is 5.02 Å². The SMILES string of the molecule is CC(C)c1c(C(=O)NCC(C)N2CCOCC2)cnn1-c1ccc(Cl)cc1. The molecule has 1 unspecified atom stereocenters. The van der Waals surface area contributed by atoms with E-state index in [4.69, 9.17) is 16.3 Å². The van der Waals surface area contributed by atoms with Gasteiger partial charge in [0.25, 0.3) is 5.91 Å². The van der Waals surface area contributed by atoms with E-state index in [2.05, 4.69) is 36.1 Å². The second kappa shape index (κ2) is 8.87. The molecule has 1 aliphatic heterocycles. The van der Waals surface area contributed by atoms with Crippen molar-refractivity contribution in [3.05, 3.63) is 46.7 Å². The first-order valence-corrected chi connectivity index (χ1v) is 9.79. The number of benzene rings is 1. The predicted octanol–water partition coefficient (Wildman–Crippen LogP) is 3.10. The van der Waals surface area contributed by atoms with E-state index in [9.17, 15) is 4.79 Å². The Kier molecular flexibility index (Phi) is 6.52. The molecule has 1 aliphatic rings. The van der Waals surface area contributed by atoms with Crippen LogP contribution in [-0.2, 0) is 4.74 Å². The molecule has 0 spiro atoms. The molecule has 2 heterocycles. The number of nitrogens with one attached hydrogen (secondary N) is 1. The maximum Gasteiger partial charge on any atom is 0.254 e. The molecular weight excluding hydrogens is 364 g/mol. The normalized spacial score (nSPS) is 16.5. The molecule has 0 radical (unpaired) electrons. The Bertz CT molecular complexity index is 767. The number of nitrogens with zero attached hydrogens (tertiary/aromatic N) is 3. The highest BCUT2D eigenvalue weighted by molar-refractivity contribution is 6.30. The summed E-state index contributed by atoms with van der Waals surface area (Å²) < 4.78 is 7.21. The van der Waals surface area contributed by atoms with Crippen LogP contribution in [0, 0.1) is 0 Å². The first-order chi connectivity index (χ1) is 13.0. The van der Waals surface area contributed by atoms with Crippen molar-refractivity contribution >= 4 is 17.5 Å². The smallest absolute Gasteiger partial charge is 0.254 e. The van der Waals surface area contributed by atoms with Crippen molar-refractivity contribution in [1.82, 2.24) is 20.0 Å². The first-order valence-electron chi connectivity index (χ1n) is 9.41. The van der Waals surface area contributed by atoms with E-state index in [0.29, 0.717) is 17.1 Å². The van der Waals surface area contributed by atoms with Gasteiger partial charge in [0.05, 0.1) is 36.4 Å². The topological polar surface area (TPSA) is 59.4 Å². The van der Waals surface area contributed by atoms with Gasteiger partial charge in [-0.25, -0.2) is 4.68 Å². The third-order valence-corrected chi connectivity index (χ3v) is 5.15. The summed E-state index contributed by atoms with van der Waals surface area (Å²) in [6.07, 6.45) is 1.65. The van der Waals surface area contributed by atoms with E-state index < -0.39 is 0 Å². The molecule has 1 fully saturated rings. The second-order valence-corrected chi connectivity index (χ2v) is 7.63. The summed E-state index contributed by atoms with van der Waals surface area (Å²) in [5, 5.41) is 8.20. The molecule has 0 aliphatic carbocycles. The molecule has 1 saturated heterocycles. The van der Waals surface area contributed by atoms with Gasteiger partial charge >= 0.3 is 0 Å². The summed E-state index contributed by atoms with van der Waals surface area (Å²) in [6, 6.07) is 7.73. The number of carbonyl (C=O) groups is 1. The van der Waals surface area contributed by atoms with E-state index in [0.717, 1.165) is 37.7 Å². The molecule has 2 aromatic rings.